The molecule has 1 fully saturated rings. The Morgan fingerprint density at radius 1 is 1.18 bits per heavy atom. The molecule has 3 rings (SSSR count). The van der Waals surface area contributed by atoms with Crippen LogP contribution in [0, 0.1) is 5.41 Å². The number of carbonyl (C=O) groups is 2. The maximum atomic E-state index is 12.6. The standard InChI is InChI=1S/C23H27N3O6S/c1-23(2,3)17-7-5-6-16(12-17)21(27)25-20(24)15-8-10-18(11-9-15)26-13-19(32-22(26)28)14-31-33(4,29)30/h5-12,19H,13-14H2,1-4H3,(H2,24,25,27). The molecule has 0 spiro atoms. The van der Waals surface area contributed by atoms with Gasteiger partial charge in [0.15, 0.2) is 0 Å². The monoisotopic (exact) mass is 473 g/mol. The van der Waals surface area contributed by atoms with Crippen LogP contribution in [0.5, 0.6) is 0 Å². The minimum absolute atomic E-state index is 0.0730. The first-order valence-electron chi connectivity index (χ1n) is 10.3. The summed E-state index contributed by atoms with van der Waals surface area (Å²) in [4.78, 5) is 26.1. The van der Waals surface area contributed by atoms with Gasteiger partial charge in [0.05, 0.1) is 12.8 Å². The van der Waals surface area contributed by atoms with Crippen LogP contribution >= 0.6 is 0 Å². The molecule has 1 saturated heterocycles. The molecule has 0 aliphatic carbocycles. The fraction of sp³-hybridized carbons (Fsp3) is 0.348. The number of rotatable bonds is 6. The Kier molecular flexibility index (Phi) is 6.89. The van der Waals surface area contributed by atoms with Crippen molar-refractivity contribution in [2.24, 2.45) is 0 Å². The summed E-state index contributed by atoms with van der Waals surface area (Å²) in [5.41, 5.74) is 2.35. The number of amidine groups is 1. The number of anilines is 1. The summed E-state index contributed by atoms with van der Waals surface area (Å²) in [6.45, 7) is 6.05. The minimum atomic E-state index is -3.63. The Hall–Kier alpha value is -3.24. The van der Waals surface area contributed by atoms with E-state index in [1.165, 1.54) is 4.90 Å². The fourth-order valence-corrected chi connectivity index (χ4v) is 3.61. The van der Waals surface area contributed by atoms with Crippen LogP contribution in [-0.4, -0.2) is 51.8 Å². The largest absolute Gasteiger partial charge is 0.441 e. The number of amides is 2. The van der Waals surface area contributed by atoms with Gasteiger partial charge in [0.25, 0.3) is 16.0 Å². The van der Waals surface area contributed by atoms with Gasteiger partial charge in [-0.15, -0.1) is 0 Å². The lowest BCUT2D eigenvalue weighted by molar-refractivity contribution is 0.0976. The van der Waals surface area contributed by atoms with Gasteiger partial charge in [-0.1, -0.05) is 32.9 Å². The molecule has 2 aromatic rings. The van der Waals surface area contributed by atoms with Crippen molar-refractivity contribution in [3.8, 4) is 0 Å². The maximum Gasteiger partial charge on any atom is 0.414 e. The highest BCUT2D eigenvalue weighted by molar-refractivity contribution is 7.85. The van der Waals surface area contributed by atoms with Gasteiger partial charge < -0.3 is 10.1 Å². The molecule has 0 bridgehead atoms. The van der Waals surface area contributed by atoms with E-state index in [-0.39, 0.29) is 30.3 Å². The van der Waals surface area contributed by atoms with Gasteiger partial charge in [0.1, 0.15) is 18.5 Å². The number of benzene rings is 2. The predicted molar refractivity (Wildman–Crippen MR) is 124 cm³/mol. The second-order valence-electron chi connectivity index (χ2n) is 8.81. The zero-order valence-corrected chi connectivity index (χ0v) is 19.7. The average molecular weight is 474 g/mol. The van der Waals surface area contributed by atoms with E-state index in [4.69, 9.17) is 14.3 Å². The molecule has 1 aliphatic heterocycles. The van der Waals surface area contributed by atoms with Gasteiger partial charge in [0, 0.05) is 16.8 Å². The van der Waals surface area contributed by atoms with Crippen LogP contribution in [0.25, 0.3) is 0 Å². The van der Waals surface area contributed by atoms with Crippen LogP contribution in [0.2, 0.25) is 0 Å². The van der Waals surface area contributed by atoms with Crippen molar-refractivity contribution in [2.75, 3.05) is 24.3 Å². The Morgan fingerprint density at radius 3 is 2.45 bits per heavy atom. The lowest BCUT2D eigenvalue weighted by Gasteiger charge is -2.19. The van der Waals surface area contributed by atoms with E-state index in [0.717, 1.165) is 11.8 Å². The molecule has 1 heterocycles. The van der Waals surface area contributed by atoms with E-state index in [0.29, 0.717) is 16.8 Å². The molecule has 1 atom stereocenters. The van der Waals surface area contributed by atoms with E-state index in [2.05, 4.69) is 26.1 Å². The Balaban J connectivity index is 1.64. The minimum Gasteiger partial charge on any atom is -0.441 e. The number of hydrogen-bond acceptors (Lipinski definition) is 7. The second kappa shape index (κ2) is 9.32. The van der Waals surface area contributed by atoms with Gasteiger partial charge in [0.2, 0.25) is 0 Å². The van der Waals surface area contributed by atoms with Crippen LogP contribution in [-0.2, 0) is 24.5 Å². The molecule has 9 nitrogen and oxygen atoms in total. The highest BCUT2D eigenvalue weighted by Crippen LogP contribution is 2.24. The second-order valence-corrected chi connectivity index (χ2v) is 10.5. The molecule has 176 valence electrons. The summed E-state index contributed by atoms with van der Waals surface area (Å²) in [7, 11) is -3.63. The highest BCUT2D eigenvalue weighted by Gasteiger charge is 2.33. The normalized spacial score (nSPS) is 16.4. The number of nitrogens with zero attached hydrogens (tertiary/aromatic N) is 1. The predicted octanol–water partition coefficient (Wildman–Crippen LogP) is 3.04. The third-order valence-electron chi connectivity index (χ3n) is 5.04. The topological polar surface area (TPSA) is 126 Å². The van der Waals surface area contributed by atoms with Crippen molar-refractivity contribution < 1.29 is 26.9 Å². The number of nitrogens with one attached hydrogen (secondary N) is 2. The van der Waals surface area contributed by atoms with E-state index in [1.54, 1.807) is 30.3 Å². The first-order valence-corrected chi connectivity index (χ1v) is 12.1. The van der Waals surface area contributed by atoms with Gasteiger partial charge in [-0.3, -0.25) is 19.3 Å². The summed E-state index contributed by atoms with van der Waals surface area (Å²) in [6, 6.07) is 13.8. The molecule has 0 saturated carbocycles. The van der Waals surface area contributed by atoms with Crippen molar-refractivity contribution >= 4 is 33.6 Å². The summed E-state index contributed by atoms with van der Waals surface area (Å²) in [6.07, 6.45) is -0.407. The molecule has 1 unspecified atom stereocenters. The lowest BCUT2D eigenvalue weighted by Crippen LogP contribution is -2.31. The van der Waals surface area contributed by atoms with Crippen LogP contribution < -0.4 is 10.2 Å². The van der Waals surface area contributed by atoms with Crippen LogP contribution in [0.15, 0.2) is 48.5 Å². The van der Waals surface area contributed by atoms with Crippen molar-refractivity contribution in [1.82, 2.24) is 5.32 Å². The van der Waals surface area contributed by atoms with E-state index >= 15 is 0 Å². The maximum absolute atomic E-state index is 12.6. The SMILES string of the molecule is CC(C)(C)c1cccc(C(=O)NC(=N)c2ccc(N3CC(COS(C)(=O)=O)OC3=O)cc2)c1. The quantitative estimate of drug-likeness (QED) is 0.377. The number of cyclic esters (lactones) is 1. The van der Waals surface area contributed by atoms with Crippen molar-refractivity contribution in [1.29, 1.82) is 5.41 Å². The Bertz CT molecular complexity index is 1170. The van der Waals surface area contributed by atoms with Gasteiger partial charge in [-0.2, -0.15) is 8.42 Å². The van der Waals surface area contributed by atoms with E-state index in [1.807, 2.05) is 18.2 Å². The Labute approximate surface area is 193 Å². The summed E-state index contributed by atoms with van der Waals surface area (Å²) >= 11 is 0. The molecule has 2 N–H and O–H groups in total. The first kappa shape index (κ1) is 24.4. The highest BCUT2D eigenvalue weighted by atomic mass is 32.2. The van der Waals surface area contributed by atoms with Crippen LogP contribution in [0.1, 0.15) is 42.3 Å². The van der Waals surface area contributed by atoms with Gasteiger partial charge in [-0.25, -0.2) is 4.79 Å². The van der Waals surface area contributed by atoms with Crippen LogP contribution in [0.3, 0.4) is 0 Å². The summed E-state index contributed by atoms with van der Waals surface area (Å²) < 4.78 is 32.1. The molecule has 2 aromatic carbocycles. The number of ether oxygens (including phenoxy) is 1. The van der Waals surface area contributed by atoms with Crippen LogP contribution in [0.4, 0.5) is 10.5 Å². The first-order chi connectivity index (χ1) is 15.3. The fourth-order valence-electron chi connectivity index (χ4n) is 3.21. The van der Waals surface area contributed by atoms with Gasteiger partial charge >= 0.3 is 6.09 Å². The molecule has 1 aliphatic rings. The van der Waals surface area contributed by atoms with Gasteiger partial charge in [-0.05, 0) is 47.4 Å². The zero-order valence-electron chi connectivity index (χ0n) is 18.9. The molecule has 0 aromatic heterocycles. The average Bonchev–Trinajstić information content (AvgIpc) is 3.12. The molecular weight excluding hydrogens is 446 g/mol. The van der Waals surface area contributed by atoms with E-state index in [9.17, 15) is 18.0 Å². The van der Waals surface area contributed by atoms with E-state index < -0.39 is 22.3 Å². The lowest BCUT2D eigenvalue weighted by atomic mass is 9.86. The van der Waals surface area contributed by atoms with Crippen molar-refractivity contribution in [3.05, 3.63) is 65.2 Å². The Morgan fingerprint density at radius 2 is 1.85 bits per heavy atom. The zero-order chi connectivity index (χ0) is 24.4. The molecule has 0 radical (unpaired) electrons. The molecule has 33 heavy (non-hydrogen) atoms. The molecular formula is C23H27N3O6S. The van der Waals surface area contributed by atoms with Crippen molar-refractivity contribution in [2.45, 2.75) is 32.3 Å². The summed E-state index contributed by atoms with van der Waals surface area (Å²) in [5, 5.41) is 10.8. The van der Waals surface area contributed by atoms with Crippen molar-refractivity contribution in [3.63, 3.8) is 0 Å². The number of carbonyl (C=O) groups excluding carboxylic acids is 2. The third-order valence-corrected chi connectivity index (χ3v) is 5.60. The molecule has 2 amide bonds. The smallest absolute Gasteiger partial charge is 0.414 e. The summed E-state index contributed by atoms with van der Waals surface area (Å²) in [5.74, 6) is -0.455. The number of hydrogen-bond donors (Lipinski definition) is 2. The third kappa shape index (κ3) is 6.39. The molecule has 10 heteroatoms.